The smallest absolute Gasteiger partial charge is 0.323 e. The standard InChI is InChI=1S/C30H47NO8/c1-6-8-10-12-27(32)38-25-16-15-23(19-26(25)39-28(33)13-11-9-7-2)18-24(31)30(35)36-20-22(5)37-29(34)17-14-21(3)4/h15-16,19,21-22,24H,6-14,17-18,20,31H2,1-5H3/t22-,24-/m0/s1. The van der Waals surface area contributed by atoms with Gasteiger partial charge in [0, 0.05) is 19.3 Å². The van der Waals surface area contributed by atoms with Crippen molar-refractivity contribution in [2.24, 2.45) is 11.7 Å². The molecule has 0 aliphatic carbocycles. The lowest BCUT2D eigenvalue weighted by Crippen LogP contribution is -2.36. The summed E-state index contributed by atoms with van der Waals surface area (Å²) in [6.45, 7) is 9.68. The molecule has 39 heavy (non-hydrogen) atoms. The number of carbonyl (C=O) groups excluding carboxylic acids is 4. The predicted molar refractivity (Wildman–Crippen MR) is 148 cm³/mol. The number of unbranched alkanes of at least 4 members (excludes halogenated alkanes) is 4. The van der Waals surface area contributed by atoms with Crippen LogP contribution in [0.4, 0.5) is 0 Å². The molecule has 0 heterocycles. The van der Waals surface area contributed by atoms with Gasteiger partial charge in [0.1, 0.15) is 18.8 Å². The van der Waals surface area contributed by atoms with Gasteiger partial charge in [-0.15, -0.1) is 0 Å². The van der Waals surface area contributed by atoms with Crippen molar-refractivity contribution in [2.75, 3.05) is 6.61 Å². The van der Waals surface area contributed by atoms with Gasteiger partial charge in [0.25, 0.3) is 0 Å². The lowest BCUT2D eigenvalue weighted by atomic mass is 10.1. The maximum atomic E-state index is 12.5. The van der Waals surface area contributed by atoms with Gasteiger partial charge in [-0.3, -0.25) is 19.2 Å². The summed E-state index contributed by atoms with van der Waals surface area (Å²) in [7, 11) is 0. The predicted octanol–water partition coefficient (Wildman–Crippen LogP) is 5.44. The van der Waals surface area contributed by atoms with Crippen LogP contribution in [-0.4, -0.2) is 42.6 Å². The molecule has 0 spiro atoms. The van der Waals surface area contributed by atoms with Crippen LogP contribution in [0.25, 0.3) is 0 Å². The lowest BCUT2D eigenvalue weighted by molar-refractivity contribution is -0.158. The minimum Gasteiger partial charge on any atom is -0.461 e. The maximum Gasteiger partial charge on any atom is 0.323 e. The normalized spacial score (nSPS) is 12.5. The first-order valence-electron chi connectivity index (χ1n) is 14.2. The van der Waals surface area contributed by atoms with Crippen molar-refractivity contribution in [1.82, 2.24) is 0 Å². The molecule has 9 nitrogen and oxygen atoms in total. The van der Waals surface area contributed by atoms with Crippen LogP contribution in [0.2, 0.25) is 0 Å². The second kappa shape index (κ2) is 19.2. The van der Waals surface area contributed by atoms with Gasteiger partial charge < -0.3 is 24.7 Å². The molecule has 0 saturated carbocycles. The van der Waals surface area contributed by atoms with E-state index in [1.54, 1.807) is 25.1 Å². The third-order valence-electron chi connectivity index (χ3n) is 5.90. The molecule has 0 aromatic heterocycles. The summed E-state index contributed by atoms with van der Waals surface area (Å²) in [5.74, 6) is -1.17. The van der Waals surface area contributed by atoms with E-state index in [2.05, 4.69) is 0 Å². The molecule has 2 N–H and O–H groups in total. The summed E-state index contributed by atoms with van der Waals surface area (Å²) in [5.41, 5.74) is 6.67. The summed E-state index contributed by atoms with van der Waals surface area (Å²) in [6.07, 6.45) is 6.24. The van der Waals surface area contributed by atoms with Crippen molar-refractivity contribution in [3.05, 3.63) is 23.8 Å². The van der Waals surface area contributed by atoms with E-state index in [0.29, 0.717) is 30.7 Å². The molecular weight excluding hydrogens is 502 g/mol. The number of nitrogens with two attached hydrogens (primary N) is 1. The third-order valence-corrected chi connectivity index (χ3v) is 5.90. The van der Waals surface area contributed by atoms with Crippen LogP contribution in [0.15, 0.2) is 18.2 Å². The maximum absolute atomic E-state index is 12.5. The van der Waals surface area contributed by atoms with Crippen molar-refractivity contribution >= 4 is 23.9 Å². The zero-order chi connectivity index (χ0) is 29.2. The van der Waals surface area contributed by atoms with Gasteiger partial charge in [-0.1, -0.05) is 59.4 Å². The number of ether oxygens (including phenoxy) is 4. The number of hydrogen-bond acceptors (Lipinski definition) is 9. The quantitative estimate of drug-likeness (QED) is 0.136. The first-order valence-corrected chi connectivity index (χ1v) is 14.2. The van der Waals surface area contributed by atoms with Gasteiger partial charge in [0.05, 0.1) is 0 Å². The van der Waals surface area contributed by atoms with Gasteiger partial charge in [0.15, 0.2) is 11.5 Å². The number of rotatable bonds is 19. The molecule has 2 atom stereocenters. The van der Waals surface area contributed by atoms with E-state index in [1.807, 2.05) is 27.7 Å². The van der Waals surface area contributed by atoms with Crippen molar-refractivity contribution in [3.8, 4) is 11.5 Å². The average Bonchev–Trinajstić information content (AvgIpc) is 2.87. The van der Waals surface area contributed by atoms with Crippen LogP contribution in [-0.2, 0) is 35.1 Å². The highest BCUT2D eigenvalue weighted by atomic mass is 16.6. The number of esters is 4. The van der Waals surface area contributed by atoms with Gasteiger partial charge in [-0.25, -0.2) is 0 Å². The van der Waals surface area contributed by atoms with Gasteiger partial charge in [0.2, 0.25) is 0 Å². The molecule has 0 aliphatic rings. The number of benzene rings is 1. The van der Waals surface area contributed by atoms with E-state index >= 15 is 0 Å². The molecule has 220 valence electrons. The summed E-state index contributed by atoms with van der Waals surface area (Å²) < 4.78 is 21.5. The van der Waals surface area contributed by atoms with Crippen LogP contribution in [0.5, 0.6) is 11.5 Å². The Morgan fingerprint density at radius 2 is 1.38 bits per heavy atom. The Balaban J connectivity index is 2.78. The Kier molecular flexibility index (Phi) is 16.8. The Morgan fingerprint density at radius 1 is 0.795 bits per heavy atom. The minimum atomic E-state index is -0.996. The van der Waals surface area contributed by atoms with E-state index in [9.17, 15) is 19.2 Å². The van der Waals surface area contributed by atoms with Crippen molar-refractivity contribution in [3.63, 3.8) is 0 Å². The van der Waals surface area contributed by atoms with Crippen LogP contribution in [0.1, 0.15) is 104 Å². The molecule has 0 radical (unpaired) electrons. The van der Waals surface area contributed by atoms with Crippen LogP contribution in [0.3, 0.4) is 0 Å². The van der Waals surface area contributed by atoms with Crippen LogP contribution >= 0.6 is 0 Å². The van der Waals surface area contributed by atoms with E-state index in [1.165, 1.54) is 0 Å². The SMILES string of the molecule is CCCCCC(=O)Oc1ccc(C[C@H](N)C(=O)OC[C@H](C)OC(=O)CCC(C)C)cc1OC(=O)CCCCC. The van der Waals surface area contributed by atoms with Crippen molar-refractivity contribution < 1.29 is 38.1 Å². The highest BCUT2D eigenvalue weighted by Crippen LogP contribution is 2.30. The van der Waals surface area contributed by atoms with Crippen molar-refractivity contribution in [2.45, 2.75) is 117 Å². The van der Waals surface area contributed by atoms with E-state index in [0.717, 1.165) is 32.1 Å². The molecule has 1 rings (SSSR count). The Morgan fingerprint density at radius 3 is 1.95 bits per heavy atom. The molecule has 0 amide bonds. The monoisotopic (exact) mass is 549 g/mol. The Labute approximate surface area is 233 Å². The molecule has 9 heteroatoms. The number of hydrogen-bond donors (Lipinski definition) is 1. The highest BCUT2D eigenvalue weighted by Gasteiger charge is 2.21. The largest absolute Gasteiger partial charge is 0.461 e. The number of carbonyl (C=O) groups is 4. The zero-order valence-electron chi connectivity index (χ0n) is 24.3. The lowest BCUT2D eigenvalue weighted by Gasteiger charge is -2.17. The van der Waals surface area contributed by atoms with E-state index in [4.69, 9.17) is 24.7 Å². The Hall–Kier alpha value is -2.94. The molecule has 0 unspecified atom stereocenters. The molecule has 1 aromatic rings. The summed E-state index contributed by atoms with van der Waals surface area (Å²) >= 11 is 0. The first-order chi connectivity index (χ1) is 18.5. The second-order valence-corrected chi connectivity index (χ2v) is 10.3. The molecule has 0 bridgehead atoms. The molecular formula is C30H47NO8. The first kappa shape index (κ1) is 34.1. The van der Waals surface area contributed by atoms with Crippen LogP contribution < -0.4 is 15.2 Å². The topological polar surface area (TPSA) is 131 Å². The molecule has 1 aromatic carbocycles. The van der Waals surface area contributed by atoms with Gasteiger partial charge in [-0.2, -0.15) is 0 Å². The summed E-state index contributed by atoms with van der Waals surface area (Å²) in [5, 5.41) is 0. The molecule has 0 saturated heterocycles. The minimum absolute atomic E-state index is 0.104. The highest BCUT2D eigenvalue weighted by molar-refractivity contribution is 5.77. The Bertz CT molecular complexity index is 914. The molecule has 0 fully saturated rings. The summed E-state index contributed by atoms with van der Waals surface area (Å²) in [6, 6.07) is 3.76. The third kappa shape index (κ3) is 15.3. The van der Waals surface area contributed by atoms with E-state index in [-0.39, 0.29) is 43.3 Å². The van der Waals surface area contributed by atoms with Gasteiger partial charge >= 0.3 is 23.9 Å². The van der Waals surface area contributed by atoms with Crippen molar-refractivity contribution in [1.29, 1.82) is 0 Å². The molecule has 0 aliphatic heterocycles. The average molecular weight is 550 g/mol. The zero-order valence-corrected chi connectivity index (χ0v) is 24.3. The fraction of sp³-hybridized carbons (Fsp3) is 0.667. The fourth-order valence-corrected chi connectivity index (χ4v) is 3.60. The van der Waals surface area contributed by atoms with E-state index < -0.39 is 30.1 Å². The summed E-state index contributed by atoms with van der Waals surface area (Å²) in [4.78, 5) is 49.0. The van der Waals surface area contributed by atoms with Crippen LogP contribution in [0, 0.1) is 5.92 Å². The fourth-order valence-electron chi connectivity index (χ4n) is 3.60. The second-order valence-electron chi connectivity index (χ2n) is 10.3. The van der Waals surface area contributed by atoms with Gasteiger partial charge in [-0.05, 0) is 56.2 Å².